The minimum Gasteiger partial charge on any atom is -0.311 e. The Morgan fingerprint density at radius 2 is 2.00 bits per heavy atom. The Morgan fingerprint density at radius 1 is 1.41 bits per heavy atom. The van der Waals surface area contributed by atoms with Gasteiger partial charge >= 0.3 is 0 Å². The average molecular weight is 272 g/mol. The smallest absolute Gasteiger partial charge is 0.228 e. The molecule has 88 valence electrons. The van der Waals surface area contributed by atoms with Crippen LogP contribution in [0.25, 0.3) is 0 Å². The van der Waals surface area contributed by atoms with Gasteiger partial charge in [0, 0.05) is 24.6 Å². The molecule has 1 aromatic carbocycles. The number of benzene rings is 1. The SMILES string of the molecule is C#CC1CC(=O)N(c2cc(Cl)c(F)c(Cl)c2)C1. The van der Waals surface area contributed by atoms with Crippen molar-refractivity contribution in [1.29, 1.82) is 0 Å². The molecule has 1 unspecified atom stereocenters. The number of nitrogens with zero attached hydrogens (tertiary/aromatic N) is 1. The molecule has 1 aliphatic heterocycles. The molecule has 1 fully saturated rings. The summed E-state index contributed by atoms with van der Waals surface area (Å²) >= 11 is 11.4. The number of hydrogen-bond acceptors (Lipinski definition) is 1. The minimum atomic E-state index is -0.683. The Labute approximate surface area is 108 Å². The van der Waals surface area contributed by atoms with Crippen molar-refractivity contribution in [3.63, 3.8) is 0 Å². The molecule has 0 radical (unpaired) electrons. The molecule has 1 heterocycles. The lowest BCUT2D eigenvalue weighted by Gasteiger charge is -2.16. The molecule has 0 bridgehead atoms. The van der Waals surface area contributed by atoms with Gasteiger partial charge in [-0.15, -0.1) is 12.3 Å². The number of carbonyl (C=O) groups is 1. The molecular formula is C12H8Cl2FNO. The zero-order valence-corrected chi connectivity index (χ0v) is 10.2. The molecule has 1 saturated heterocycles. The van der Waals surface area contributed by atoms with Crippen LogP contribution in [-0.2, 0) is 4.79 Å². The summed E-state index contributed by atoms with van der Waals surface area (Å²) in [4.78, 5) is 13.2. The van der Waals surface area contributed by atoms with Crippen molar-refractivity contribution in [2.45, 2.75) is 6.42 Å². The van der Waals surface area contributed by atoms with E-state index in [0.717, 1.165) is 0 Å². The normalized spacial score (nSPS) is 19.5. The Kier molecular flexibility index (Phi) is 3.28. The summed E-state index contributed by atoms with van der Waals surface area (Å²) < 4.78 is 13.2. The summed E-state index contributed by atoms with van der Waals surface area (Å²) in [5.41, 5.74) is 0.476. The predicted molar refractivity (Wildman–Crippen MR) is 65.7 cm³/mol. The van der Waals surface area contributed by atoms with E-state index in [1.54, 1.807) is 0 Å². The van der Waals surface area contributed by atoms with Crippen molar-refractivity contribution >= 4 is 34.8 Å². The van der Waals surface area contributed by atoms with Gasteiger partial charge in [-0.25, -0.2) is 4.39 Å². The highest BCUT2D eigenvalue weighted by Gasteiger charge is 2.30. The Hall–Kier alpha value is -1.24. The molecule has 0 aromatic heterocycles. The van der Waals surface area contributed by atoms with Crippen LogP contribution in [0.5, 0.6) is 0 Å². The topological polar surface area (TPSA) is 20.3 Å². The van der Waals surface area contributed by atoms with Crippen molar-refractivity contribution in [2.75, 3.05) is 11.4 Å². The summed E-state index contributed by atoms with van der Waals surface area (Å²) in [6.07, 6.45) is 5.57. The second kappa shape index (κ2) is 4.56. The lowest BCUT2D eigenvalue weighted by atomic mass is 10.1. The van der Waals surface area contributed by atoms with Crippen LogP contribution in [0.2, 0.25) is 10.0 Å². The van der Waals surface area contributed by atoms with E-state index < -0.39 is 5.82 Å². The summed E-state index contributed by atoms with van der Waals surface area (Å²) in [5.74, 6) is 1.62. The largest absolute Gasteiger partial charge is 0.311 e. The highest BCUT2D eigenvalue weighted by molar-refractivity contribution is 6.35. The molecule has 2 nitrogen and oxygen atoms in total. The summed E-state index contributed by atoms with van der Waals surface area (Å²) in [7, 11) is 0. The van der Waals surface area contributed by atoms with Gasteiger partial charge in [-0.1, -0.05) is 23.2 Å². The minimum absolute atomic E-state index is 0.105. The van der Waals surface area contributed by atoms with E-state index in [2.05, 4.69) is 5.92 Å². The number of terminal acetylenes is 1. The Balaban J connectivity index is 2.36. The fourth-order valence-corrected chi connectivity index (χ4v) is 2.24. The second-order valence-corrected chi connectivity index (χ2v) is 4.61. The van der Waals surface area contributed by atoms with E-state index in [-0.39, 0.29) is 21.9 Å². The maximum Gasteiger partial charge on any atom is 0.228 e. The molecule has 2 rings (SSSR count). The van der Waals surface area contributed by atoms with Crippen LogP contribution >= 0.6 is 23.2 Å². The van der Waals surface area contributed by atoms with Gasteiger partial charge in [0.1, 0.15) is 0 Å². The van der Waals surface area contributed by atoms with E-state index in [9.17, 15) is 9.18 Å². The van der Waals surface area contributed by atoms with Gasteiger partial charge in [-0.3, -0.25) is 4.79 Å². The third-order valence-corrected chi connectivity index (χ3v) is 3.19. The van der Waals surface area contributed by atoms with Gasteiger partial charge in [0.25, 0.3) is 0 Å². The van der Waals surface area contributed by atoms with Gasteiger partial charge in [0.05, 0.1) is 10.0 Å². The summed E-state index contributed by atoms with van der Waals surface area (Å²) in [6.45, 7) is 0.410. The molecule has 0 saturated carbocycles. The second-order valence-electron chi connectivity index (χ2n) is 3.80. The quantitative estimate of drug-likeness (QED) is 0.568. The molecule has 5 heteroatoms. The van der Waals surface area contributed by atoms with Crippen molar-refractivity contribution < 1.29 is 9.18 Å². The van der Waals surface area contributed by atoms with Crippen LogP contribution in [-0.4, -0.2) is 12.5 Å². The zero-order valence-electron chi connectivity index (χ0n) is 8.71. The number of anilines is 1. The van der Waals surface area contributed by atoms with Crippen LogP contribution in [0.15, 0.2) is 12.1 Å². The first-order valence-electron chi connectivity index (χ1n) is 4.94. The molecule has 1 amide bonds. The third-order valence-electron chi connectivity index (χ3n) is 2.64. The molecule has 1 atom stereocenters. The number of hydrogen-bond donors (Lipinski definition) is 0. The van der Waals surface area contributed by atoms with Crippen molar-refractivity contribution in [2.24, 2.45) is 5.92 Å². The standard InChI is InChI=1S/C12H8Cl2FNO/c1-2-7-3-11(17)16(6-7)8-4-9(13)12(15)10(14)5-8/h1,4-5,7H,3,6H2. The molecule has 0 spiro atoms. The fourth-order valence-electron chi connectivity index (χ4n) is 1.77. The summed E-state index contributed by atoms with van der Waals surface area (Å²) in [5, 5.41) is -0.214. The average Bonchev–Trinajstić information content (AvgIpc) is 2.67. The molecule has 1 aliphatic rings. The van der Waals surface area contributed by atoms with Crippen molar-refractivity contribution in [3.05, 3.63) is 28.0 Å². The number of amides is 1. The van der Waals surface area contributed by atoms with E-state index in [1.165, 1.54) is 17.0 Å². The van der Waals surface area contributed by atoms with Crippen molar-refractivity contribution in [1.82, 2.24) is 0 Å². The number of halogens is 3. The predicted octanol–water partition coefficient (Wildman–Crippen LogP) is 3.12. The lowest BCUT2D eigenvalue weighted by Crippen LogP contribution is -2.24. The van der Waals surface area contributed by atoms with Crippen LogP contribution in [0, 0.1) is 24.1 Å². The van der Waals surface area contributed by atoms with Crippen LogP contribution in [0.3, 0.4) is 0 Å². The molecule has 17 heavy (non-hydrogen) atoms. The van der Waals surface area contributed by atoms with Gasteiger partial charge in [-0.05, 0) is 12.1 Å². The van der Waals surface area contributed by atoms with E-state index >= 15 is 0 Å². The molecule has 0 N–H and O–H groups in total. The van der Waals surface area contributed by atoms with Gasteiger partial charge < -0.3 is 4.90 Å². The Morgan fingerprint density at radius 3 is 2.47 bits per heavy atom. The monoisotopic (exact) mass is 271 g/mol. The highest BCUT2D eigenvalue weighted by atomic mass is 35.5. The van der Waals surface area contributed by atoms with Crippen LogP contribution in [0.1, 0.15) is 6.42 Å². The summed E-state index contributed by atoms with van der Waals surface area (Å²) in [6, 6.07) is 2.75. The fraction of sp³-hybridized carbons (Fsp3) is 0.250. The molecular weight excluding hydrogens is 264 g/mol. The Bertz CT molecular complexity index is 501. The third kappa shape index (κ3) is 2.24. The zero-order chi connectivity index (χ0) is 12.6. The van der Waals surface area contributed by atoms with E-state index in [1.807, 2.05) is 0 Å². The first kappa shape index (κ1) is 12.2. The molecule has 0 aliphatic carbocycles. The number of carbonyl (C=O) groups excluding carboxylic acids is 1. The van der Waals surface area contributed by atoms with E-state index in [0.29, 0.717) is 18.7 Å². The van der Waals surface area contributed by atoms with Crippen LogP contribution < -0.4 is 4.90 Å². The molecule has 1 aromatic rings. The van der Waals surface area contributed by atoms with Crippen molar-refractivity contribution in [3.8, 4) is 12.3 Å². The van der Waals surface area contributed by atoms with Gasteiger partial charge in [0.2, 0.25) is 5.91 Å². The van der Waals surface area contributed by atoms with Crippen LogP contribution in [0.4, 0.5) is 10.1 Å². The first-order valence-corrected chi connectivity index (χ1v) is 5.69. The van der Waals surface area contributed by atoms with Gasteiger partial charge in [0.15, 0.2) is 5.82 Å². The number of rotatable bonds is 1. The maximum absolute atomic E-state index is 13.2. The van der Waals surface area contributed by atoms with Gasteiger partial charge in [-0.2, -0.15) is 0 Å². The first-order chi connectivity index (χ1) is 8.02. The maximum atomic E-state index is 13.2. The lowest BCUT2D eigenvalue weighted by molar-refractivity contribution is -0.117. The van der Waals surface area contributed by atoms with E-state index in [4.69, 9.17) is 29.6 Å². The highest BCUT2D eigenvalue weighted by Crippen LogP contribution is 2.32.